The van der Waals surface area contributed by atoms with E-state index in [0.717, 1.165) is 16.7 Å². The third kappa shape index (κ3) is 1.96. The summed E-state index contributed by atoms with van der Waals surface area (Å²) in [6.07, 6.45) is 3.99. The summed E-state index contributed by atoms with van der Waals surface area (Å²) >= 11 is 0. The van der Waals surface area contributed by atoms with Crippen LogP contribution in [0.1, 0.15) is 0 Å². The summed E-state index contributed by atoms with van der Waals surface area (Å²) in [4.78, 5) is 4.55. The first-order valence-corrected chi connectivity index (χ1v) is 6.25. The van der Waals surface area contributed by atoms with E-state index in [0.29, 0.717) is 0 Å². The van der Waals surface area contributed by atoms with E-state index in [1.807, 2.05) is 36.5 Å². The Hall–Kier alpha value is -1.96. The fraction of sp³-hybridized carbons (Fsp3) is 0. The molecule has 0 amide bonds. The van der Waals surface area contributed by atoms with Crippen molar-refractivity contribution in [1.82, 2.24) is 9.38 Å². The molecule has 0 atom stereocenters. The fourth-order valence-corrected chi connectivity index (χ4v) is 2.46. The summed E-state index contributed by atoms with van der Waals surface area (Å²) in [5, 5.41) is 2.23. The molecule has 99 valence electrons. The van der Waals surface area contributed by atoms with Gasteiger partial charge < -0.3 is 4.40 Å². The molecule has 2 heterocycles. The molecule has 0 spiro atoms. The molecular weight excluding hydrogens is 424 g/mol. The second-order valence-corrected chi connectivity index (χ2v) is 4.52. The van der Waals surface area contributed by atoms with Crippen molar-refractivity contribution in [2.45, 2.75) is 0 Å². The van der Waals surface area contributed by atoms with Gasteiger partial charge in [0, 0.05) is 26.3 Å². The molecule has 2 nitrogen and oxygen atoms in total. The topological polar surface area (TPSA) is 17.3 Å². The zero-order chi connectivity index (χ0) is 12.7. The fourth-order valence-electron chi connectivity index (χ4n) is 2.46. The van der Waals surface area contributed by atoms with Crippen molar-refractivity contribution in [3.8, 4) is 11.3 Å². The van der Waals surface area contributed by atoms with E-state index in [2.05, 4.69) is 45.9 Å². The van der Waals surface area contributed by atoms with Gasteiger partial charge in [0.1, 0.15) is 0 Å². The monoisotopic (exact) mass is 436 g/mol. The molecule has 0 aliphatic heterocycles. The summed E-state index contributed by atoms with van der Waals surface area (Å²) in [5.41, 5.74) is 3.23. The van der Waals surface area contributed by atoms with Crippen molar-refractivity contribution >= 4 is 16.4 Å². The quantitative estimate of drug-likeness (QED) is 0.414. The maximum atomic E-state index is 4.55. The van der Waals surface area contributed by atoms with Gasteiger partial charge in [-0.2, -0.15) is 0 Å². The van der Waals surface area contributed by atoms with Crippen molar-refractivity contribution in [1.29, 1.82) is 0 Å². The van der Waals surface area contributed by atoms with E-state index < -0.39 is 0 Å². The van der Waals surface area contributed by atoms with E-state index >= 15 is 0 Å². The van der Waals surface area contributed by atoms with Crippen molar-refractivity contribution in [2.24, 2.45) is 0 Å². The van der Waals surface area contributed by atoms with E-state index in [4.69, 9.17) is 0 Å². The van der Waals surface area contributed by atoms with Crippen LogP contribution in [-0.2, 0) is 20.1 Å². The number of benzene rings is 2. The maximum Gasteiger partial charge on any atom is 0.0629 e. The number of aromatic nitrogens is 2. The van der Waals surface area contributed by atoms with Gasteiger partial charge in [-0.05, 0) is 11.8 Å². The third-order valence-electron chi connectivity index (χ3n) is 3.38. The minimum absolute atomic E-state index is 0. The Morgan fingerprint density at radius 1 is 0.950 bits per heavy atom. The van der Waals surface area contributed by atoms with Crippen LogP contribution < -0.4 is 0 Å². The maximum absolute atomic E-state index is 4.55. The van der Waals surface area contributed by atoms with E-state index in [1.54, 1.807) is 0 Å². The van der Waals surface area contributed by atoms with Crippen LogP contribution in [0.2, 0.25) is 0 Å². The van der Waals surface area contributed by atoms with Crippen LogP contribution in [0.5, 0.6) is 0 Å². The van der Waals surface area contributed by atoms with Gasteiger partial charge >= 0.3 is 0 Å². The van der Waals surface area contributed by atoms with E-state index in [9.17, 15) is 0 Å². The van der Waals surface area contributed by atoms with Gasteiger partial charge in [0.15, 0.2) is 0 Å². The first-order valence-electron chi connectivity index (χ1n) is 6.25. The SMILES string of the molecule is [Ir].[c-]1cccc2ccn3c(-c4ccccc4)cnc3c12. The Balaban J connectivity index is 0.00000121. The van der Waals surface area contributed by atoms with Crippen LogP contribution in [-0.4, -0.2) is 9.38 Å². The predicted octanol–water partition coefficient (Wildman–Crippen LogP) is 3.95. The molecule has 4 rings (SSSR count). The average molecular weight is 436 g/mol. The third-order valence-corrected chi connectivity index (χ3v) is 3.38. The summed E-state index contributed by atoms with van der Waals surface area (Å²) in [6, 6.07) is 21.7. The van der Waals surface area contributed by atoms with Gasteiger partial charge in [0.2, 0.25) is 0 Å². The molecule has 0 unspecified atom stereocenters. The van der Waals surface area contributed by atoms with Gasteiger partial charge in [0.05, 0.1) is 11.3 Å². The number of hydrogen-bond donors (Lipinski definition) is 0. The molecule has 3 heteroatoms. The molecule has 0 aliphatic carbocycles. The number of pyridine rings is 1. The molecule has 0 N–H and O–H groups in total. The summed E-state index contributed by atoms with van der Waals surface area (Å²) in [7, 11) is 0. The minimum Gasteiger partial charge on any atom is -0.341 e. The summed E-state index contributed by atoms with van der Waals surface area (Å²) < 4.78 is 2.12. The van der Waals surface area contributed by atoms with Crippen molar-refractivity contribution < 1.29 is 20.1 Å². The number of nitrogens with zero attached hydrogens (tertiary/aromatic N) is 2. The van der Waals surface area contributed by atoms with Crippen LogP contribution in [0.25, 0.3) is 27.7 Å². The molecule has 0 saturated heterocycles. The predicted molar refractivity (Wildman–Crippen MR) is 77.0 cm³/mol. The Labute approximate surface area is 130 Å². The van der Waals surface area contributed by atoms with Gasteiger partial charge in [-0.1, -0.05) is 36.4 Å². The largest absolute Gasteiger partial charge is 0.341 e. The summed E-state index contributed by atoms with van der Waals surface area (Å²) in [6.45, 7) is 0. The molecule has 0 aliphatic rings. The first-order chi connectivity index (χ1) is 9.43. The molecule has 2 aromatic heterocycles. The molecular formula is C17H11IrN2-. The van der Waals surface area contributed by atoms with Crippen molar-refractivity contribution in [2.75, 3.05) is 0 Å². The molecule has 4 aromatic rings. The van der Waals surface area contributed by atoms with Gasteiger partial charge in [-0.15, -0.1) is 35.0 Å². The van der Waals surface area contributed by atoms with Gasteiger partial charge in [0.25, 0.3) is 0 Å². The second kappa shape index (κ2) is 5.20. The number of hydrogen-bond acceptors (Lipinski definition) is 1. The zero-order valence-electron chi connectivity index (χ0n) is 10.6. The minimum atomic E-state index is 0. The molecule has 0 bridgehead atoms. The van der Waals surface area contributed by atoms with Crippen molar-refractivity contribution in [3.63, 3.8) is 0 Å². The Bertz CT molecular complexity index is 866. The van der Waals surface area contributed by atoms with E-state index in [1.165, 1.54) is 10.9 Å². The second-order valence-electron chi connectivity index (χ2n) is 4.52. The van der Waals surface area contributed by atoms with Crippen molar-refractivity contribution in [3.05, 3.63) is 73.1 Å². The normalized spacial score (nSPS) is 10.6. The Morgan fingerprint density at radius 2 is 1.80 bits per heavy atom. The molecule has 0 saturated carbocycles. The smallest absolute Gasteiger partial charge is 0.0629 e. The van der Waals surface area contributed by atoms with Crippen LogP contribution in [0.3, 0.4) is 0 Å². The standard InChI is InChI=1S/C17H11N2.Ir/c1-2-7-14(8-3-1)16-12-18-17-15-9-5-4-6-13(15)10-11-19(16)17;/h1-8,10-12H;/q-1;. The van der Waals surface area contributed by atoms with Crippen LogP contribution in [0.4, 0.5) is 0 Å². The Kier molecular flexibility index (Phi) is 3.39. The number of fused-ring (bicyclic) bond motifs is 3. The first kappa shape index (κ1) is 13.0. The molecule has 2 aromatic carbocycles. The molecule has 1 radical (unpaired) electrons. The number of rotatable bonds is 1. The van der Waals surface area contributed by atoms with Crippen LogP contribution in [0.15, 0.2) is 67.0 Å². The summed E-state index contributed by atoms with van der Waals surface area (Å²) in [5.74, 6) is 0. The Morgan fingerprint density at radius 3 is 2.65 bits per heavy atom. The van der Waals surface area contributed by atoms with Crippen LogP contribution >= 0.6 is 0 Å². The van der Waals surface area contributed by atoms with Gasteiger partial charge in [-0.25, -0.2) is 0 Å². The van der Waals surface area contributed by atoms with E-state index in [-0.39, 0.29) is 20.1 Å². The molecule has 20 heavy (non-hydrogen) atoms. The van der Waals surface area contributed by atoms with Gasteiger partial charge in [-0.3, -0.25) is 4.98 Å². The molecule has 0 fully saturated rings. The number of imidazole rings is 1. The average Bonchev–Trinajstić information content (AvgIpc) is 2.92. The zero-order valence-corrected chi connectivity index (χ0v) is 13.0. The van der Waals surface area contributed by atoms with Crippen LogP contribution in [0, 0.1) is 6.07 Å².